The summed E-state index contributed by atoms with van der Waals surface area (Å²) in [7, 11) is 0. The van der Waals surface area contributed by atoms with E-state index in [1.807, 2.05) is 30.3 Å². The molecule has 3 rings (SSSR count). The molecule has 1 saturated heterocycles. The van der Waals surface area contributed by atoms with E-state index >= 15 is 0 Å². The SMILES string of the molecule is CCNC(=NCc1ccccc1N1CCOCC1)NCCC(O)c1ccccc1.I. The maximum absolute atomic E-state index is 10.3. The number of nitrogens with one attached hydrogen (secondary N) is 2. The molecular formula is C23H33IN4O2. The molecule has 1 aliphatic heterocycles. The van der Waals surface area contributed by atoms with E-state index in [0.29, 0.717) is 19.5 Å². The lowest BCUT2D eigenvalue weighted by molar-refractivity contribution is 0.122. The van der Waals surface area contributed by atoms with Gasteiger partial charge in [-0.3, -0.25) is 0 Å². The number of benzene rings is 2. The number of aliphatic hydroxyl groups excluding tert-OH is 1. The van der Waals surface area contributed by atoms with Crippen LogP contribution in [-0.2, 0) is 11.3 Å². The van der Waals surface area contributed by atoms with Gasteiger partial charge >= 0.3 is 0 Å². The van der Waals surface area contributed by atoms with Crippen molar-refractivity contribution in [3.63, 3.8) is 0 Å². The number of ether oxygens (including phenoxy) is 1. The molecule has 0 saturated carbocycles. The van der Waals surface area contributed by atoms with E-state index in [9.17, 15) is 5.11 Å². The van der Waals surface area contributed by atoms with Crippen molar-refractivity contribution in [3.05, 3.63) is 65.7 Å². The highest BCUT2D eigenvalue weighted by Crippen LogP contribution is 2.22. The second kappa shape index (κ2) is 13.5. The average Bonchev–Trinajstić information content (AvgIpc) is 2.79. The van der Waals surface area contributed by atoms with Crippen LogP contribution in [0.15, 0.2) is 59.6 Å². The molecule has 0 aliphatic carbocycles. The number of hydrogen-bond donors (Lipinski definition) is 3. The van der Waals surface area contributed by atoms with Crippen LogP contribution in [0.2, 0.25) is 0 Å². The Morgan fingerprint density at radius 1 is 1.07 bits per heavy atom. The van der Waals surface area contributed by atoms with Crippen molar-refractivity contribution in [1.29, 1.82) is 0 Å². The quantitative estimate of drug-likeness (QED) is 0.281. The van der Waals surface area contributed by atoms with Gasteiger partial charge in [0.15, 0.2) is 5.96 Å². The first-order valence-electron chi connectivity index (χ1n) is 10.4. The minimum atomic E-state index is -0.478. The highest BCUT2D eigenvalue weighted by atomic mass is 127. The second-order valence-electron chi connectivity index (χ2n) is 7.07. The molecule has 30 heavy (non-hydrogen) atoms. The molecule has 2 aromatic rings. The summed E-state index contributed by atoms with van der Waals surface area (Å²) in [5.41, 5.74) is 3.38. The maximum atomic E-state index is 10.3. The van der Waals surface area contributed by atoms with Gasteiger partial charge in [-0.2, -0.15) is 0 Å². The van der Waals surface area contributed by atoms with Gasteiger partial charge in [-0.1, -0.05) is 48.5 Å². The van der Waals surface area contributed by atoms with Gasteiger partial charge in [0.05, 0.1) is 25.9 Å². The van der Waals surface area contributed by atoms with Gasteiger partial charge in [0.1, 0.15) is 0 Å². The fraction of sp³-hybridized carbons (Fsp3) is 0.435. The second-order valence-corrected chi connectivity index (χ2v) is 7.07. The molecule has 7 heteroatoms. The van der Waals surface area contributed by atoms with Gasteiger partial charge in [-0.05, 0) is 30.5 Å². The summed E-state index contributed by atoms with van der Waals surface area (Å²) in [6.07, 6.45) is 0.146. The number of rotatable bonds is 8. The van der Waals surface area contributed by atoms with E-state index in [1.165, 1.54) is 11.3 Å². The van der Waals surface area contributed by atoms with Crippen LogP contribution in [-0.4, -0.2) is 50.5 Å². The summed E-state index contributed by atoms with van der Waals surface area (Å²) in [6.45, 7) is 7.46. The number of morpholine rings is 1. The first-order valence-corrected chi connectivity index (χ1v) is 10.4. The first-order chi connectivity index (χ1) is 14.3. The Morgan fingerprint density at radius 2 is 1.77 bits per heavy atom. The summed E-state index contributed by atoms with van der Waals surface area (Å²) >= 11 is 0. The number of halogens is 1. The van der Waals surface area contributed by atoms with Crippen molar-refractivity contribution in [3.8, 4) is 0 Å². The molecule has 1 unspecified atom stereocenters. The lowest BCUT2D eigenvalue weighted by Gasteiger charge is -2.30. The van der Waals surface area contributed by atoms with Crippen LogP contribution in [0.5, 0.6) is 0 Å². The molecule has 0 spiro atoms. The summed E-state index contributed by atoms with van der Waals surface area (Å²) in [5.74, 6) is 0.768. The maximum Gasteiger partial charge on any atom is 0.191 e. The van der Waals surface area contributed by atoms with Crippen LogP contribution in [0.4, 0.5) is 5.69 Å². The fourth-order valence-corrected chi connectivity index (χ4v) is 3.43. The zero-order valence-corrected chi connectivity index (χ0v) is 19.9. The van der Waals surface area contributed by atoms with E-state index < -0.39 is 6.10 Å². The van der Waals surface area contributed by atoms with E-state index in [1.54, 1.807) is 0 Å². The van der Waals surface area contributed by atoms with Crippen molar-refractivity contribution in [1.82, 2.24) is 10.6 Å². The molecule has 2 aromatic carbocycles. The Hall–Kier alpha value is -1.84. The van der Waals surface area contributed by atoms with Gasteiger partial charge in [-0.25, -0.2) is 4.99 Å². The Bertz CT molecular complexity index is 767. The fourth-order valence-electron chi connectivity index (χ4n) is 3.43. The summed E-state index contributed by atoms with van der Waals surface area (Å²) in [6, 6.07) is 18.2. The molecule has 1 fully saturated rings. The Labute approximate surface area is 196 Å². The molecule has 3 N–H and O–H groups in total. The van der Waals surface area contributed by atoms with Crippen molar-refractivity contribution in [2.24, 2.45) is 4.99 Å². The van der Waals surface area contributed by atoms with Gasteiger partial charge < -0.3 is 25.4 Å². The molecule has 6 nitrogen and oxygen atoms in total. The first kappa shape index (κ1) is 24.4. The van der Waals surface area contributed by atoms with E-state index in [4.69, 9.17) is 9.73 Å². The normalized spacial score (nSPS) is 15.3. The number of guanidine groups is 1. The van der Waals surface area contributed by atoms with Crippen LogP contribution in [0.25, 0.3) is 0 Å². The van der Waals surface area contributed by atoms with Crippen molar-refractivity contribution in [2.75, 3.05) is 44.3 Å². The van der Waals surface area contributed by atoms with Crippen LogP contribution in [0.1, 0.15) is 30.6 Å². The van der Waals surface area contributed by atoms with E-state index in [-0.39, 0.29) is 24.0 Å². The van der Waals surface area contributed by atoms with Crippen LogP contribution in [0, 0.1) is 0 Å². The molecule has 0 amide bonds. The number of aliphatic hydroxyl groups is 1. The third-order valence-corrected chi connectivity index (χ3v) is 4.99. The average molecular weight is 524 g/mol. The van der Waals surface area contributed by atoms with Gasteiger partial charge in [0, 0.05) is 31.9 Å². The molecule has 0 bridgehead atoms. The van der Waals surface area contributed by atoms with Gasteiger partial charge in [0.2, 0.25) is 0 Å². The van der Waals surface area contributed by atoms with E-state index in [2.05, 4.69) is 46.7 Å². The van der Waals surface area contributed by atoms with Gasteiger partial charge in [0.25, 0.3) is 0 Å². The standard InChI is InChI=1S/C23H32N4O2.HI/c1-2-24-23(25-13-12-22(28)19-8-4-3-5-9-19)26-18-20-10-6-7-11-21(20)27-14-16-29-17-15-27;/h3-11,22,28H,2,12-18H2,1H3,(H2,24,25,26);1H. The molecular weight excluding hydrogens is 491 g/mol. The Kier molecular flexibility index (Phi) is 11.0. The highest BCUT2D eigenvalue weighted by Gasteiger charge is 2.14. The number of aliphatic imine (C=N–C) groups is 1. The summed E-state index contributed by atoms with van der Waals surface area (Å²) in [4.78, 5) is 7.13. The predicted octanol–water partition coefficient (Wildman–Crippen LogP) is 3.32. The van der Waals surface area contributed by atoms with Crippen molar-refractivity contribution in [2.45, 2.75) is 26.0 Å². The van der Waals surface area contributed by atoms with Crippen LogP contribution >= 0.6 is 24.0 Å². The molecule has 1 heterocycles. The molecule has 0 radical (unpaired) electrons. The number of hydrogen-bond acceptors (Lipinski definition) is 4. The zero-order valence-electron chi connectivity index (χ0n) is 17.6. The minimum absolute atomic E-state index is 0. The summed E-state index contributed by atoms with van der Waals surface area (Å²) in [5, 5.41) is 17.0. The monoisotopic (exact) mass is 524 g/mol. The van der Waals surface area contributed by atoms with Crippen LogP contribution < -0.4 is 15.5 Å². The van der Waals surface area contributed by atoms with Gasteiger partial charge in [-0.15, -0.1) is 24.0 Å². The van der Waals surface area contributed by atoms with E-state index in [0.717, 1.165) is 44.4 Å². The lowest BCUT2D eigenvalue weighted by atomic mass is 10.1. The minimum Gasteiger partial charge on any atom is -0.388 e. The lowest BCUT2D eigenvalue weighted by Crippen LogP contribution is -2.38. The van der Waals surface area contributed by atoms with Crippen molar-refractivity contribution < 1.29 is 9.84 Å². The molecule has 1 aliphatic rings. The molecule has 164 valence electrons. The number of anilines is 1. The zero-order chi connectivity index (χ0) is 20.3. The Balaban J connectivity index is 0.00000320. The van der Waals surface area contributed by atoms with Crippen LogP contribution in [0.3, 0.4) is 0 Å². The number of para-hydroxylation sites is 1. The van der Waals surface area contributed by atoms with Crippen molar-refractivity contribution >= 4 is 35.6 Å². The highest BCUT2D eigenvalue weighted by molar-refractivity contribution is 14.0. The third-order valence-electron chi connectivity index (χ3n) is 4.99. The third kappa shape index (κ3) is 7.45. The molecule has 1 atom stereocenters. The smallest absolute Gasteiger partial charge is 0.191 e. The predicted molar refractivity (Wildman–Crippen MR) is 134 cm³/mol. The largest absolute Gasteiger partial charge is 0.388 e. The topological polar surface area (TPSA) is 69.1 Å². The molecule has 0 aromatic heterocycles. The Morgan fingerprint density at radius 3 is 2.50 bits per heavy atom. The summed E-state index contributed by atoms with van der Waals surface area (Å²) < 4.78 is 5.48. The number of nitrogens with zero attached hydrogens (tertiary/aromatic N) is 2.